The second-order valence-corrected chi connectivity index (χ2v) is 5.88. The van der Waals surface area contributed by atoms with Gasteiger partial charge in [-0.05, 0) is 47.9 Å². The van der Waals surface area contributed by atoms with Crippen LogP contribution >= 0.6 is 0 Å². The van der Waals surface area contributed by atoms with Crippen LogP contribution in [0.4, 0.5) is 0 Å². The fourth-order valence-corrected chi connectivity index (χ4v) is 3.10. The largest absolute Gasteiger partial charge is 0.508 e. The van der Waals surface area contributed by atoms with Crippen molar-refractivity contribution in [3.63, 3.8) is 0 Å². The van der Waals surface area contributed by atoms with E-state index in [2.05, 4.69) is 6.07 Å². The zero-order chi connectivity index (χ0) is 15.1. The number of benzene rings is 2. The molecule has 0 bridgehead atoms. The molecule has 1 aliphatic carbocycles. The van der Waals surface area contributed by atoms with Crippen molar-refractivity contribution in [2.75, 3.05) is 0 Å². The van der Waals surface area contributed by atoms with Gasteiger partial charge in [0.15, 0.2) is 0 Å². The summed E-state index contributed by atoms with van der Waals surface area (Å²) in [6.45, 7) is 0. The minimum atomic E-state index is -0.410. The monoisotopic (exact) mass is 292 g/mol. The van der Waals surface area contributed by atoms with Crippen LogP contribution in [0.25, 0.3) is 22.1 Å². The molecule has 1 heterocycles. The summed E-state index contributed by atoms with van der Waals surface area (Å²) in [7, 11) is 0. The minimum absolute atomic E-state index is 0.0717. The van der Waals surface area contributed by atoms with E-state index >= 15 is 0 Å². The first kappa shape index (κ1) is 13.1. The number of phenols is 1. The fourth-order valence-electron chi connectivity index (χ4n) is 3.10. The topological polar surface area (TPSA) is 50.4 Å². The molecule has 0 amide bonds. The molecule has 1 aliphatic rings. The van der Waals surface area contributed by atoms with Crippen LogP contribution in [-0.2, 0) is 0 Å². The zero-order valence-corrected chi connectivity index (χ0v) is 12.1. The van der Waals surface area contributed by atoms with E-state index in [1.54, 1.807) is 12.1 Å². The van der Waals surface area contributed by atoms with E-state index in [0.29, 0.717) is 17.1 Å². The molecule has 0 saturated heterocycles. The van der Waals surface area contributed by atoms with Crippen LogP contribution in [0.1, 0.15) is 30.7 Å². The lowest BCUT2D eigenvalue weighted by Crippen LogP contribution is -2.10. The molecule has 0 atom stereocenters. The van der Waals surface area contributed by atoms with Gasteiger partial charge in [-0.2, -0.15) is 0 Å². The van der Waals surface area contributed by atoms with Gasteiger partial charge in [0.05, 0.1) is 5.39 Å². The van der Waals surface area contributed by atoms with E-state index in [0.717, 1.165) is 10.9 Å². The molecule has 3 aromatic rings. The van der Waals surface area contributed by atoms with Gasteiger partial charge in [-0.15, -0.1) is 0 Å². The Bertz CT molecular complexity index is 904. The van der Waals surface area contributed by atoms with Crippen molar-refractivity contribution in [2.24, 2.45) is 0 Å². The third-order valence-corrected chi connectivity index (χ3v) is 4.52. The normalized spacial score (nSPS) is 14.9. The number of hydrogen-bond donors (Lipinski definition) is 1. The number of aromatic hydroxyl groups is 1. The molecule has 110 valence electrons. The van der Waals surface area contributed by atoms with E-state index < -0.39 is 5.63 Å². The van der Waals surface area contributed by atoms with Crippen molar-refractivity contribution in [3.8, 4) is 17.1 Å². The van der Waals surface area contributed by atoms with E-state index in [1.165, 1.54) is 30.9 Å². The lowest BCUT2D eigenvalue weighted by Gasteiger charge is -2.27. The molecular formula is C19H16O3. The van der Waals surface area contributed by atoms with Gasteiger partial charge >= 0.3 is 5.63 Å². The van der Waals surface area contributed by atoms with Crippen LogP contribution in [0.15, 0.2) is 57.7 Å². The van der Waals surface area contributed by atoms with Crippen molar-refractivity contribution in [2.45, 2.75) is 25.2 Å². The van der Waals surface area contributed by atoms with E-state index in [9.17, 15) is 9.90 Å². The van der Waals surface area contributed by atoms with E-state index in [-0.39, 0.29) is 5.75 Å². The first-order valence-electron chi connectivity index (χ1n) is 7.58. The van der Waals surface area contributed by atoms with Crippen molar-refractivity contribution in [3.05, 3.63) is 64.5 Å². The lowest BCUT2D eigenvalue weighted by molar-refractivity contribution is 0.419. The van der Waals surface area contributed by atoms with Gasteiger partial charge in [-0.1, -0.05) is 36.8 Å². The van der Waals surface area contributed by atoms with Crippen LogP contribution in [0.5, 0.6) is 5.75 Å². The Kier molecular flexibility index (Phi) is 3.00. The molecule has 3 heteroatoms. The predicted octanol–water partition coefficient (Wildman–Crippen LogP) is 4.43. The second kappa shape index (κ2) is 5.02. The Hall–Kier alpha value is -2.55. The number of rotatable bonds is 2. The van der Waals surface area contributed by atoms with Gasteiger partial charge < -0.3 is 9.52 Å². The standard InChI is InChI=1S/C19H16O3/c20-14-9-8-13-10-18(22-19(21)17(13)11-14)16-7-2-1-6-15(16)12-4-3-5-12/h1-2,6-12,20H,3-5H2. The van der Waals surface area contributed by atoms with Crippen molar-refractivity contribution in [1.82, 2.24) is 0 Å². The maximum atomic E-state index is 12.2. The highest BCUT2D eigenvalue weighted by molar-refractivity contribution is 5.85. The Morgan fingerprint density at radius 2 is 1.86 bits per heavy atom. The third kappa shape index (κ3) is 2.10. The minimum Gasteiger partial charge on any atom is -0.508 e. The molecule has 1 fully saturated rings. The number of phenolic OH excluding ortho intramolecular Hbond substituents is 1. The highest BCUT2D eigenvalue weighted by Crippen LogP contribution is 2.41. The molecule has 22 heavy (non-hydrogen) atoms. The SMILES string of the molecule is O=c1oc(-c2ccccc2C2CCC2)cc2ccc(O)cc12. The van der Waals surface area contributed by atoms with Crippen LogP contribution in [0.3, 0.4) is 0 Å². The smallest absolute Gasteiger partial charge is 0.344 e. The highest BCUT2D eigenvalue weighted by Gasteiger charge is 2.23. The van der Waals surface area contributed by atoms with Crippen molar-refractivity contribution in [1.29, 1.82) is 0 Å². The Labute approximate surface area is 127 Å². The maximum Gasteiger partial charge on any atom is 0.344 e. The summed E-state index contributed by atoms with van der Waals surface area (Å²) in [5.74, 6) is 1.24. The molecule has 0 aliphatic heterocycles. The molecule has 0 unspecified atom stereocenters. The first-order chi connectivity index (χ1) is 10.7. The maximum absolute atomic E-state index is 12.2. The summed E-state index contributed by atoms with van der Waals surface area (Å²) in [6, 6.07) is 14.8. The number of hydrogen-bond acceptors (Lipinski definition) is 3. The summed E-state index contributed by atoms with van der Waals surface area (Å²) >= 11 is 0. The summed E-state index contributed by atoms with van der Waals surface area (Å²) in [5, 5.41) is 10.7. The third-order valence-electron chi connectivity index (χ3n) is 4.52. The summed E-state index contributed by atoms with van der Waals surface area (Å²) in [6.07, 6.45) is 3.66. The van der Waals surface area contributed by atoms with Crippen molar-refractivity contribution < 1.29 is 9.52 Å². The average Bonchev–Trinajstić information content (AvgIpc) is 2.47. The molecule has 1 aromatic heterocycles. The zero-order valence-electron chi connectivity index (χ0n) is 12.1. The van der Waals surface area contributed by atoms with Gasteiger partial charge in [0.25, 0.3) is 0 Å². The van der Waals surface area contributed by atoms with Crippen LogP contribution < -0.4 is 5.63 Å². The van der Waals surface area contributed by atoms with E-state index in [4.69, 9.17) is 4.42 Å². The fraction of sp³-hybridized carbons (Fsp3) is 0.211. The van der Waals surface area contributed by atoms with Crippen LogP contribution in [-0.4, -0.2) is 5.11 Å². The molecule has 4 rings (SSSR count). The molecule has 1 saturated carbocycles. The van der Waals surface area contributed by atoms with Gasteiger partial charge in [-0.3, -0.25) is 0 Å². The van der Waals surface area contributed by atoms with E-state index in [1.807, 2.05) is 24.3 Å². The quantitative estimate of drug-likeness (QED) is 0.760. The van der Waals surface area contributed by atoms with Gasteiger partial charge in [-0.25, -0.2) is 4.79 Å². The Morgan fingerprint density at radius 3 is 2.64 bits per heavy atom. The summed E-state index contributed by atoms with van der Waals surface area (Å²) < 4.78 is 5.52. The molecule has 0 spiro atoms. The van der Waals surface area contributed by atoms with Gasteiger partial charge in [0, 0.05) is 5.56 Å². The predicted molar refractivity (Wildman–Crippen MR) is 86.2 cm³/mol. The molecule has 1 N–H and O–H groups in total. The first-order valence-corrected chi connectivity index (χ1v) is 7.58. The van der Waals surface area contributed by atoms with Gasteiger partial charge in [0.2, 0.25) is 0 Å². The van der Waals surface area contributed by atoms with Crippen molar-refractivity contribution >= 4 is 10.8 Å². The van der Waals surface area contributed by atoms with Gasteiger partial charge in [0.1, 0.15) is 11.5 Å². The molecule has 0 radical (unpaired) electrons. The molecule has 2 aromatic carbocycles. The summed E-state index contributed by atoms with van der Waals surface area (Å²) in [5.41, 5.74) is 1.85. The Balaban J connectivity index is 1.92. The van der Waals surface area contributed by atoms with Crippen LogP contribution in [0.2, 0.25) is 0 Å². The molecule has 3 nitrogen and oxygen atoms in total. The summed E-state index contributed by atoms with van der Waals surface area (Å²) in [4.78, 5) is 12.2. The number of fused-ring (bicyclic) bond motifs is 1. The average molecular weight is 292 g/mol. The van der Waals surface area contributed by atoms with Crippen LogP contribution in [0, 0.1) is 0 Å². The lowest BCUT2D eigenvalue weighted by atomic mass is 9.78. The highest BCUT2D eigenvalue weighted by atomic mass is 16.4. The Morgan fingerprint density at radius 1 is 1.05 bits per heavy atom. The molecular weight excluding hydrogens is 276 g/mol. The second-order valence-electron chi connectivity index (χ2n) is 5.88.